The van der Waals surface area contributed by atoms with E-state index in [4.69, 9.17) is 5.11 Å². The highest BCUT2D eigenvalue weighted by molar-refractivity contribution is 5.74. The fraction of sp³-hybridized carbons (Fsp3) is 0.222. The Bertz CT molecular complexity index is 381. The normalized spacial score (nSPS) is 10.8. The minimum absolute atomic E-state index is 0.133. The lowest BCUT2D eigenvalue weighted by atomic mass is 10.3. The molecule has 0 aliphatic carbocycles. The standard InChI is InChI=1S/C9H9N2O/c12-7-6-11-5-3-8-2-1-4-10-9(8)11/h1-2,4-5,12H,6-7H2. The summed E-state index contributed by atoms with van der Waals surface area (Å²) in [6.07, 6.45) is 3.55. The predicted octanol–water partition coefficient (Wildman–Crippen LogP) is 0.829. The molecule has 0 aliphatic heterocycles. The summed E-state index contributed by atoms with van der Waals surface area (Å²) in [5.74, 6) is 0. The lowest BCUT2D eigenvalue weighted by molar-refractivity contribution is 0.278. The number of pyridine rings is 1. The van der Waals surface area contributed by atoms with Crippen LogP contribution in [0.2, 0.25) is 0 Å². The van der Waals surface area contributed by atoms with E-state index in [0.717, 1.165) is 11.0 Å². The molecule has 3 heteroatoms. The van der Waals surface area contributed by atoms with Crippen molar-refractivity contribution in [2.24, 2.45) is 0 Å². The number of rotatable bonds is 2. The van der Waals surface area contributed by atoms with Crippen molar-refractivity contribution in [3.05, 3.63) is 30.6 Å². The molecule has 0 amide bonds. The molecule has 1 N–H and O–H groups in total. The van der Waals surface area contributed by atoms with Crippen LogP contribution in [0.4, 0.5) is 0 Å². The van der Waals surface area contributed by atoms with Gasteiger partial charge in [-0.2, -0.15) is 0 Å². The minimum Gasteiger partial charge on any atom is -0.395 e. The number of aromatic nitrogens is 2. The Morgan fingerprint density at radius 2 is 2.50 bits per heavy atom. The van der Waals surface area contributed by atoms with E-state index in [2.05, 4.69) is 11.1 Å². The van der Waals surface area contributed by atoms with Gasteiger partial charge in [-0.05, 0) is 12.1 Å². The molecule has 0 unspecified atom stereocenters. The quantitative estimate of drug-likeness (QED) is 0.708. The van der Waals surface area contributed by atoms with E-state index >= 15 is 0 Å². The van der Waals surface area contributed by atoms with Gasteiger partial charge in [0, 0.05) is 30.4 Å². The fourth-order valence-corrected chi connectivity index (χ4v) is 1.23. The van der Waals surface area contributed by atoms with Gasteiger partial charge in [0.2, 0.25) is 0 Å². The van der Waals surface area contributed by atoms with Gasteiger partial charge >= 0.3 is 0 Å². The van der Waals surface area contributed by atoms with E-state index in [1.165, 1.54) is 0 Å². The van der Waals surface area contributed by atoms with Crippen LogP contribution in [0.5, 0.6) is 0 Å². The lowest BCUT2D eigenvalue weighted by Gasteiger charge is -1.99. The van der Waals surface area contributed by atoms with Crippen molar-refractivity contribution in [2.45, 2.75) is 6.54 Å². The third-order valence-electron chi connectivity index (χ3n) is 1.78. The van der Waals surface area contributed by atoms with E-state index in [0.29, 0.717) is 6.54 Å². The predicted molar refractivity (Wildman–Crippen MR) is 45.7 cm³/mol. The van der Waals surface area contributed by atoms with Crippen molar-refractivity contribution in [3.63, 3.8) is 0 Å². The van der Waals surface area contributed by atoms with Gasteiger partial charge in [-0.25, -0.2) is 4.98 Å². The van der Waals surface area contributed by atoms with Crippen molar-refractivity contribution in [1.82, 2.24) is 9.55 Å². The zero-order chi connectivity index (χ0) is 8.39. The van der Waals surface area contributed by atoms with Crippen LogP contribution >= 0.6 is 0 Å². The van der Waals surface area contributed by atoms with Crippen LogP contribution in [0, 0.1) is 6.07 Å². The Balaban J connectivity index is 2.55. The zero-order valence-corrected chi connectivity index (χ0v) is 6.57. The molecule has 0 saturated carbocycles. The first-order valence-electron chi connectivity index (χ1n) is 3.84. The van der Waals surface area contributed by atoms with Gasteiger partial charge in [-0.1, -0.05) is 0 Å². The summed E-state index contributed by atoms with van der Waals surface area (Å²) in [5, 5.41) is 9.73. The van der Waals surface area contributed by atoms with E-state index in [1.54, 1.807) is 6.20 Å². The average molecular weight is 161 g/mol. The van der Waals surface area contributed by atoms with Gasteiger partial charge in [-0.3, -0.25) is 0 Å². The molecule has 0 aliphatic rings. The Morgan fingerprint density at radius 1 is 1.58 bits per heavy atom. The van der Waals surface area contributed by atoms with Crippen LogP contribution in [0.15, 0.2) is 24.5 Å². The molecule has 0 aromatic carbocycles. The van der Waals surface area contributed by atoms with Crippen LogP contribution < -0.4 is 0 Å². The number of hydrogen-bond acceptors (Lipinski definition) is 2. The van der Waals surface area contributed by atoms with Crippen LogP contribution in [-0.4, -0.2) is 21.3 Å². The molecule has 2 aromatic rings. The maximum Gasteiger partial charge on any atom is 0.140 e. The highest BCUT2D eigenvalue weighted by Gasteiger charge is 1.99. The highest BCUT2D eigenvalue weighted by Crippen LogP contribution is 2.10. The minimum atomic E-state index is 0.133. The molecular weight excluding hydrogens is 152 g/mol. The molecule has 12 heavy (non-hydrogen) atoms. The first-order valence-corrected chi connectivity index (χ1v) is 3.84. The molecule has 3 nitrogen and oxygen atoms in total. The molecule has 61 valence electrons. The highest BCUT2D eigenvalue weighted by atomic mass is 16.3. The molecule has 2 aromatic heterocycles. The van der Waals surface area contributed by atoms with Crippen LogP contribution in [-0.2, 0) is 6.54 Å². The van der Waals surface area contributed by atoms with Crippen molar-refractivity contribution >= 4 is 11.0 Å². The Hall–Kier alpha value is -1.35. The Labute approximate surface area is 70.3 Å². The second-order valence-corrected chi connectivity index (χ2v) is 2.57. The maximum atomic E-state index is 8.74. The lowest BCUT2D eigenvalue weighted by Crippen LogP contribution is -2.00. The van der Waals surface area contributed by atoms with Gasteiger partial charge in [0.15, 0.2) is 0 Å². The summed E-state index contributed by atoms with van der Waals surface area (Å²) in [4.78, 5) is 4.18. The van der Waals surface area contributed by atoms with E-state index in [9.17, 15) is 0 Å². The fourth-order valence-electron chi connectivity index (χ4n) is 1.23. The van der Waals surface area contributed by atoms with Crippen molar-refractivity contribution in [2.75, 3.05) is 6.61 Å². The average Bonchev–Trinajstić information content (AvgIpc) is 2.50. The van der Waals surface area contributed by atoms with Crippen molar-refractivity contribution in [1.29, 1.82) is 0 Å². The first kappa shape index (κ1) is 7.31. The van der Waals surface area contributed by atoms with Gasteiger partial charge < -0.3 is 9.67 Å². The summed E-state index contributed by atoms with van der Waals surface area (Å²) in [5.41, 5.74) is 0.881. The SMILES string of the molecule is OCCn1c[c]c2cccnc21. The number of aliphatic hydroxyl groups is 1. The molecule has 0 spiro atoms. The molecule has 2 rings (SSSR count). The van der Waals surface area contributed by atoms with E-state index in [-0.39, 0.29) is 6.61 Å². The number of hydrogen-bond donors (Lipinski definition) is 1. The van der Waals surface area contributed by atoms with Gasteiger partial charge in [0.25, 0.3) is 0 Å². The molecule has 0 fully saturated rings. The second-order valence-electron chi connectivity index (χ2n) is 2.57. The molecular formula is C9H9N2O. The van der Waals surface area contributed by atoms with Gasteiger partial charge in [-0.15, -0.1) is 0 Å². The van der Waals surface area contributed by atoms with Crippen LogP contribution in [0.1, 0.15) is 0 Å². The maximum absolute atomic E-state index is 8.74. The monoisotopic (exact) mass is 161 g/mol. The van der Waals surface area contributed by atoms with Crippen LogP contribution in [0.25, 0.3) is 11.0 Å². The number of aliphatic hydroxyl groups excluding tert-OH is 1. The zero-order valence-electron chi connectivity index (χ0n) is 6.57. The van der Waals surface area contributed by atoms with Gasteiger partial charge in [0.05, 0.1) is 6.61 Å². The molecule has 0 saturated heterocycles. The second kappa shape index (κ2) is 2.95. The Kier molecular flexibility index (Phi) is 1.80. The van der Waals surface area contributed by atoms with E-state index < -0.39 is 0 Å². The summed E-state index contributed by atoms with van der Waals surface area (Å²) in [6.45, 7) is 0.713. The Morgan fingerprint density at radius 3 is 3.33 bits per heavy atom. The topological polar surface area (TPSA) is 38.0 Å². The summed E-state index contributed by atoms with van der Waals surface area (Å²) < 4.78 is 1.88. The summed E-state index contributed by atoms with van der Waals surface area (Å²) in [7, 11) is 0. The summed E-state index contributed by atoms with van der Waals surface area (Å²) >= 11 is 0. The third-order valence-corrected chi connectivity index (χ3v) is 1.78. The van der Waals surface area contributed by atoms with Crippen molar-refractivity contribution < 1.29 is 5.11 Å². The third kappa shape index (κ3) is 1.08. The van der Waals surface area contributed by atoms with Crippen molar-refractivity contribution in [3.8, 4) is 0 Å². The smallest absolute Gasteiger partial charge is 0.140 e. The van der Waals surface area contributed by atoms with Gasteiger partial charge in [0.1, 0.15) is 5.65 Å². The molecule has 1 radical (unpaired) electrons. The number of nitrogens with zero attached hydrogens (tertiary/aromatic N) is 2. The molecule has 2 heterocycles. The molecule has 0 bridgehead atoms. The first-order chi connectivity index (χ1) is 5.92. The summed E-state index contributed by atoms with van der Waals surface area (Å²) in [6, 6.07) is 6.89. The number of fused-ring (bicyclic) bond motifs is 1. The van der Waals surface area contributed by atoms with Crippen LogP contribution in [0.3, 0.4) is 0 Å². The van der Waals surface area contributed by atoms with E-state index in [1.807, 2.05) is 22.9 Å². The molecule has 0 atom stereocenters. The largest absolute Gasteiger partial charge is 0.395 e.